The molecule has 0 amide bonds. The van der Waals surface area contributed by atoms with E-state index in [4.69, 9.17) is 4.74 Å². The molecule has 1 aromatic heterocycles. The third-order valence-electron chi connectivity index (χ3n) is 4.04. The van der Waals surface area contributed by atoms with E-state index in [0.717, 1.165) is 37.2 Å². The lowest BCUT2D eigenvalue weighted by Crippen LogP contribution is -2.40. The predicted molar refractivity (Wildman–Crippen MR) is 88.3 cm³/mol. The minimum Gasteiger partial charge on any atom is -0.489 e. The first-order chi connectivity index (χ1) is 11.5. The van der Waals surface area contributed by atoms with Crippen LogP contribution >= 0.6 is 0 Å². The van der Waals surface area contributed by atoms with Crippen LogP contribution in [-0.4, -0.2) is 35.5 Å². The average Bonchev–Trinajstić information content (AvgIpc) is 2.91. The smallest absolute Gasteiger partial charge is 0.167 e. The summed E-state index contributed by atoms with van der Waals surface area (Å²) in [7, 11) is 0. The Balaban J connectivity index is 1.43. The van der Waals surface area contributed by atoms with Crippen molar-refractivity contribution in [2.45, 2.75) is 26.4 Å². The number of nitrogens with zero attached hydrogens (tertiary/aromatic N) is 2. The molecular formula is C17H22F2N4O. The van der Waals surface area contributed by atoms with Crippen LogP contribution in [0.4, 0.5) is 14.6 Å². The summed E-state index contributed by atoms with van der Waals surface area (Å²) in [6, 6.07) is 5.41. The molecule has 24 heavy (non-hydrogen) atoms. The van der Waals surface area contributed by atoms with Crippen molar-refractivity contribution in [1.82, 2.24) is 15.1 Å². The number of aryl methyl sites for hydroxylation is 1. The molecule has 5 nitrogen and oxygen atoms in total. The second-order valence-corrected chi connectivity index (χ2v) is 6.30. The summed E-state index contributed by atoms with van der Waals surface area (Å²) in [5, 5.41) is 11.2. The Morgan fingerprint density at radius 1 is 1.42 bits per heavy atom. The number of nitrogens with one attached hydrogen (secondary N) is 2. The largest absolute Gasteiger partial charge is 0.489 e. The monoisotopic (exact) mass is 336 g/mol. The zero-order valence-corrected chi connectivity index (χ0v) is 13.9. The molecule has 1 aliphatic heterocycles. The van der Waals surface area contributed by atoms with Crippen LogP contribution in [0.15, 0.2) is 24.3 Å². The van der Waals surface area contributed by atoms with Crippen molar-refractivity contribution in [3.63, 3.8) is 0 Å². The molecule has 130 valence electrons. The van der Waals surface area contributed by atoms with Crippen LogP contribution in [0.3, 0.4) is 0 Å². The molecule has 0 spiro atoms. The first-order valence-electron chi connectivity index (χ1n) is 8.11. The van der Waals surface area contributed by atoms with E-state index in [0.29, 0.717) is 12.5 Å². The van der Waals surface area contributed by atoms with Gasteiger partial charge in [0.15, 0.2) is 11.6 Å². The number of rotatable bonds is 6. The molecule has 0 saturated heterocycles. The number of hydrogen-bond acceptors (Lipinski definition) is 4. The van der Waals surface area contributed by atoms with E-state index in [2.05, 4.69) is 15.7 Å². The molecule has 0 radical (unpaired) electrons. The van der Waals surface area contributed by atoms with Crippen molar-refractivity contribution in [2.24, 2.45) is 5.92 Å². The van der Waals surface area contributed by atoms with Crippen molar-refractivity contribution in [3.8, 4) is 5.75 Å². The van der Waals surface area contributed by atoms with Crippen LogP contribution in [0.5, 0.6) is 5.75 Å². The Kier molecular flexibility index (Phi) is 4.99. The zero-order valence-electron chi connectivity index (χ0n) is 13.9. The highest BCUT2D eigenvalue weighted by molar-refractivity contribution is 5.38. The minimum atomic E-state index is -0.680. The maximum absolute atomic E-state index is 13.5. The van der Waals surface area contributed by atoms with Crippen molar-refractivity contribution >= 4 is 5.82 Å². The van der Waals surface area contributed by atoms with Gasteiger partial charge in [-0.1, -0.05) is 0 Å². The van der Waals surface area contributed by atoms with Crippen molar-refractivity contribution in [2.75, 3.05) is 25.0 Å². The molecule has 2 atom stereocenters. The third kappa shape index (κ3) is 4.03. The first-order valence-corrected chi connectivity index (χ1v) is 8.11. The van der Waals surface area contributed by atoms with Crippen LogP contribution < -0.4 is 15.4 Å². The topological polar surface area (TPSA) is 51.1 Å². The van der Waals surface area contributed by atoms with E-state index in [-0.39, 0.29) is 11.8 Å². The number of anilines is 1. The van der Waals surface area contributed by atoms with E-state index < -0.39 is 11.6 Å². The van der Waals surface area contributed by atoms with Gasteiger partial charge in [-0.15, -0.1) is 0 Å². The van der Waals surface area contributed by atoms with E-state index in [1.807, 2.05) is 24.6 Å². The molecule has 2 heterocycles. The molecule has 1 aromatic carbocycles. The van der Waals surface area contributed by atoms with Crippen LogP contribution in [0.25, 0.3) is 0 Å². The molecule has 0 saturated carbocycles. The molecular weight excluding hydrogens is 314 g/mol. The highest BCUT2D eigenvalue weighted by atomic mass is 19.1. The summed E-state index contributed by atoms with van der Waals surface area (Å²) in [6.45, 7) is 6.83. The second-order valence-electron chi connectivity index (χ2n) is 6.30. The van der Waals surface area contributed by atoms with Gasteiger partial charge >= 0.3 is 0 Å². The van der Waals surface area contributed by atoms with Gasteiger partial charge in [0.1, 0.15) is 18.2 Å². The summed E-state index contributed by atoms with van der Waals surface area (Å²) in [4.78, 5) is 0. The fourth-order valence-corrected chi connectivity index (χ4v) is 2.76. The van der Waals surface area contributed by atoms with Crippen LogP contribution in [0, 0.1) is 24.5 Å². The van der Waals surface area contributed by atoms with Gasteiger partial charge in [0.2, 0.25) is 0 Å². The number of ether oxygens (including phenoxy) is 1. The normalized spacial score (nSPS) is 17.9. The Labute approximate surface area is 140 Å². The SMILES string of the molecule is Cc1cc2n(n1)CC(CNC(C)COc1ccc(F)cc1F)CN2. The quantitative estimate of drug-likeness (QED) is 0.851. The van der Waals surface area contributed by atoms with Gasteiger partial charge in [-0.2, -0.15) is 5.10 Å². The average molecular weight is 336 g/mol. The number of aromatic nitrogens is 2. The molecule has 3 rings (SSSR count). The van der Waals surface area contributed by atoms with Gasteiger partial charge in [0.05, 0.1) is 5.69 Å². The molecule has 0 aliphatic carbocycles. The Morgan fingerprint density at radius 3 is 3.04 bits per heavy atom. The van der Waals surface area contributed by atoms with Crippen molar-refractivity contribution in [3.05, 3.63) is 41.6 Å². The number of fused-ring (bicyclic) bond motifs is 1. The maximum atomic E-state index is 13.5. The zero-order chi connectivity index (χ0) is 17.1. The molecule has 2 unspecified atom stereocenters. The van der Waals surface area contributed by atoms with Crippen molar-refractivity contribution < 1.29 is 13.5 Å². The van der Waals surface area contributed by atoms with Crippen LogP contribution in [-0.2, 0) is 6.54 Å². The number of hydrogen-bond donors (Lipinski definition) is 2. The fraction of sp³-hybridized carbons (Fsp3) is 0.471. The molecule has 0 bridgehead atoms. The van der Waals surface area contributed by atoms with Gasteiger partial charge in [0.25, 0.3) is 0 Å². The van der Waals surface area contributed by atoms with Gasteiger partial charge in [-0.25, -0.2) is 13.5 Å². The van der Waals surface area contributed by atoms with Gasteiger partial charge in [0, 0.05) is 43.7 Å². The first kappa shape index (κ1) is 16.7. The van der Waals surface area contributed by atoms with Crippen LogP contribution in [0.1, 0.15) is 12.6 Å². The van der Waals surface area contributed by atoms with E-state index in [1.54, 1.807) is 0 Å². The molecule has 7 heteroatoms. The second kappa shape index (κ2) is 7.17. The lowest BCUT2D eigenvalue weighted by atomic mass is 10.1. The summed E-state index contributed by atoms with van der Waals surface area (Å²) in [5.41, 5.74) is 1.01. The number of benzene rings is 1. The van der Waals surface area contributed by atoms with Gasteiger partial charge in [-0.3, -0.25) is 0 Å². The molecule has 1 aliphatic rings. The molecule has 2 N–H and O–H groups in total. The lowest BCUT2D eigenvalue weighted by molar-refractivity contribution is 0.252. The summed E-state index contributed by atoms with van der Waals surface area (Å²) >= 11 is 0. The maximum Gasteiger partial charge on any atom is 0.167 e. The molecule has 2 aromatic rings. The van der Waals surface area contributed by atoms with E-state index in [9.17, 15) is 8.78 Å². The van der Waals surface area contributed by atoms with E-state index >= 15 is 0 Å². The Bertz CT molecular complexity index is 704. The lowest BCUT2D eigenvalue weighted by Gasteiger charge is -2.26. The summed E-state index contributed by atoms with van der Waals surface area (Å²) < 4.78 is 33.8. The van der Waals surface area contributed by atoms with Crippen molar-refractivity contribution in [1.29, 1.82) is 0 Å². The van der Waals surface area contributed by atoms with Crippen LogP contribution in [0.2, 0.25) is 0 Å². The number of halogens is 2. The highest BCUT2D eigenvalue weighted by Crippen LogP contribution is 2.19. The Hall–Kier alpha value is -2.15. The molecule has 0 fully saturated rings. The van der Waals surface area contributed by atoms with Gasteiger partial charge in [-0.05, 0) is 26.0 Å². The van der Waals surface area contributed by atoms with Gasteiger partial charge < -0.3 is 15.4 Å². The summed E-state index contributed by atoms with van der Waals surface area (Å²) in [6.07, 6.45) is 0. The summed E-state index contributed by atoms with van der Waals surface area (Å²) in [5.74, 6) is 0.263. The highest BCUT2D eigenvalue weighted by Gasteiger charge is 2.19. The predicted octanol–water partition coefficient (Wildman–Crippen LogP) is 2.57. The fourth-order valence-electron chi connectivity index (χ4n) is 2.76. The standard InChI is InChI=1S/C17H22F2N4O/c1-11-5-17-21-8-13(9-23(17)22-11)7-20-12(2)10-24-16-4-3-14(18)6-15(16)19/h3-6,12-13,20-21H,7-10H2,1-2H3. The Morgan fingerprint density at radius 2 is 2.25 bits per heavy atom. The minimum absolute atomic E-state index is 0.0511. The third-order valence-corrected chi connectivity index (χ3v) is 4.04. The van der Waals surface area contributed by atoms with E-state index in [1.165, 1.54) is 12.1 Å².